The molecule has 56 valence electrons. The Hall–Kier alpha value is -0.285. The lowest BCUT2D eigenvalue weighted by atomic mass is 10.1. The van der Waals surface area contributed by atoms with E-state index in [1.807, 2.05) is 0 Å². The zero-order valence-electron chi connectivity index (χ0n) is 5.97. The average molecular weight is 212 g/mol. The summed E-state index contributed by atoms with van der Waals surface area (Å²) in [5.74, 6) is 0. The predicted octanol–water partition coefficient (Wildman–Crippen LogP) is 0.223. The first kappa shape index (κ1) is 7.37. The standard InChI is InChI=1S/C6H7BBrN3/c7-11-6(8)4-3-9-2-1-5(4)10-11/h9H,1-3H2. The van der Waals surface area contributed by atoms with Crippen molar-refractivity contribution in [3.8, 4) is 0 Å². The SMILES string of the molecule is [B]n1nc2c(c1Br)CNCC2. The third-order valence-corrected chi connectivity index (χ3v) is 2.71. The van der Waals surface area contributed by atoms with Crippen molar-refractivity contribution in [3.63, 3.8) is 0 Å². The Morgan fingerprint density at radius 3 is 3.18 bits per heavy atom. The van der Waals surface area contributed by atoms with Gasteiger partial charge < -0.3 is 9.91 Å². The molecule has 0 amide bonds. The second-order valence-corrected chi connectivity index (χ2v) is 3.34. The molecule has 11 heavy (non-hydrogen) atoms. The van der Waals surface area contributed by atoms with Crippen LogP contribution in [0, 0.1) is 0 Å². The number of nitrogens with one attached hydrogen (secondary N) is 1. The molecular formula is C6H7BBrN3. The molecule has 0 fully saturated rings. The summed E-state index contributed by atoms with van der Waals surface area (Å²) in [6.07, 6.45) is 0.970. The lowest BCUT2D eigenvalue weighted by Gasteiger charge is -2.10. The Morgan fingerprint density at radius 1 is 1.64 bits per heavy atom. The molecular weight excluding hydrogens is 205 g/mol. The zero-order valence-corrected chi connectivity index (χ0v) is 7.56. The van der Waals surface area contributed by atoms with Gasteiger partial charge in [-0.05, 0) is 15.9 Å². The van der Waals surface area contributed by atoms with Crippen molar-refractivity contribution in [3.05, 3.63) is 15.9 Å². The minimum absolute atomic E-state index is 0.868. The van der Waals surface area contributed by atoms with Gasteiger partial charge in [-0.1, -0.05) is 0 Å². The van der Waals surface area contributed by atoms with E-state index in [0.717, 1.165) is 29.8 Å². The largest absolute Gasteiger partial charge is 0.318 e. The summed E-state index contributed by atoms with van der Waals surface area (Å²) in [5.41, 5.74) is 2.30. The Balaban J connectivity index is 2.50. The van der Waals surface area contributed by atoms with E-state index >= 15 is 0 Å². The van der Waals surface area contributed by atoms with Gasteiger partial charge in [-0.2, -0.15) is 5.10 Å². The number of fused-ring (bicyclic) bond motifs is 1. The highest BCUT2D eigenvalue weighted by molar-refractivity contribution is 9.10. The maximum Gasteiger partial charge on any atom is 0.265 e. The van der Waals surface area contributed by atoms with Gasteiger partial charge in [-0.15, -0.1) is 0 Å². The molecule has 3 nitrogen and oxygen atoms in total. The van der Waals surface area contributed by atoms with Crippen molar-refractivity contribution in [1.82, 2.24) is 15.0 Å². The lowest BCUT2D eigenvalue weighted by Crippen LogP contribution is -2.23. The summed E-state index contributed by atoms with van der Waals surface area (Å²) in [6.45, 7) is 1.86. The van der Waals surface area contributed by atoms with Gasteiger partial charge in [0, 0.05) is 25.1 Å². The van der Waals surface area contributed by atoms with E-state index in [9.17, 15) is 0 Å². The smallest absolute Gasteiger partial charge is 0.265 e. The van der Waals surface area contributed by atoms with Crippen LogP contribution >= 0.6 is 15.9 Å². The first-order valence-electron chi connectivity index (χ1n) is 3.51. The topological polar surface area (TPSA) is 29.9 Å². The van der Waals surface area contributed by atoms with Gasteiger partial charge >= 0.3 is 0 Å². The minimum Gasteiger partial charge on any atom is -0.318 e. The molecule has 0 bridgehead atoms. The third-order valence-electron chi connectivity index (χ3n) is 1.87. The summed E-state index contributed by atoms with van der Waals surface area (Å²) in [4.78, 5) is 0. The maximum atomic E-state index is 5.55. The van der Waals surface area contributed by atoms with Crippen LogP contribution in [0.25, 0.3) is 0 Å². The van der Waals surface area contributed by atoms with Gasteiger partial charge in [-0.25, -0.2) is 0 Å². The summed E-state index contributed by atoms with van der Waals surface area (Å²) in [5, 5.41) is 7.41. The Bertz CT molecular complexity index is 284. The molecule has 1 aliphatic heterocycles. The molecule has 1 aliphatic rings. The van der Waals surface area contributed by atoms with Gasteiger partial charge in [0.15, 0.2) is 0 Å². The molecule has 2 radical (unpaired) electrons. The predicted molar refractivity (Wildman–Crippen MR) is 46.5 cm³/mol. The molecule has 0 saturated heterocycles. The van der Waals surface area contributed by atoms with Crippen molar-refractivity contribution < 1.29 is 0 Å². The molecule has 0 atom stereocenters. The summed E-state index contributed by atoms with van der Waals surface area (Å²) >= 11 is 3.37. The van der Waals surface area contributed by atoms with Crippen molar-refractivity contribution >= 4 is 23.9 Å². The number of rotatable bonds is 0. The van der Waals surface area contributed by atoms with Crippen LogP contribution in [0.3, 0.4) is 0 Å². The van der Waals surface area contributed by atoms with Crippen LogP contribution in [0.2, 0.25) is 0 Å². The van der Waals surface area contributed by atoms with Gasteiger partial charge in [0.1, 0.15) is 0 Å². The van der Waals surface area contributed by atoms with Crippen LogP contribution in [-0.4, -0.2) is 24.2 Å². The van der Waals surface area contributed by atoms with Crippen molar-refractivity contribution in [1.29, 1.82) is 0 Å². The summed E-state index contributed by atoms with van der Waals surface area (Å²) in [6, 6.07) is 0. The van der Waals surface area contributed by atoms with Crippen LogP contribution in [0.15, 0.2) is 4.60 Å². The van der Waals surface area contributed by atoms with E-state index in [0.29, 0.717) is 0 Å². The van der Waals surface area contributed by atoms with Crippen molar-refractivity contribution in [2.24, 2.45) is 0 Å². The molecule has 0 aromatic carbocycles. The number of halogens is 1. The van der Waals surface area contributed by atoms with Crippen molar-refractivity contribution in [2.75, 3.05) is 6.54 Å². The first-order chi connectivity index (χ1) is 5.29. The molecule has 1 aromatic heterocycles. The highest BCUT2D eigenvalue weighted by Gasteiger charge is 2.16. The van der Waals surface area contributed by atoms with Crippen LogP contribution < -0.4 is 5.32 Å². The normalized spacial score (nSPS) is 16.5. The van der Waals surface area contributed by atoms with E-state index < -0.39 is 0 Å². The Kier molecular flexibility index (Phi) is 1.77. The van der Waals surface area contributed by atoms with E-state index in [1.54, 1.807) is 0 Å². The summed E-state index contributed by atoms with van der Waals surface area (Å²) < 4.78 is 2.28. The van der Waals surface area contributed by atoms with Crippen LogP contribution in [-0.2, 0) is 13.0 Å². The molecule has 1 aromatic rings. The monoisotopic (exact) mass is 211 g/mol. The van der Waals surface area contributed by atoms with E-state index in [-0.39, 0.29) is 0 Å². The molecule has 2 heterocycles. The van der Waals surface area contributed by atoms with Crippen LogP contribution in [0.5, 0.6) is 0 Å². The average Bonchev–Trinajstić information content (AvgIpc) is 2.30. The molecule has 0 spiro atoms. The second-order valence-electron chi connectivity index (χ2n) is 2.59. The fourth-order valence-electron chi connectivity index (χ4n) is 1.29. The maximum absolute atomic E-state index is 5.55. The quantitative estimate of drug-likeness (QED) is 0.623. The fourth-order valence-corrected chi connectivity index (χ4v) is 1.74. The number of nitrogens with zero attached hydrogens (tertiary/aromatic N) is 2. The first-order valence-corrected chi connectivity index (χ1v) is 4.30. The summed E-state index contributed by atoms with van der Waals surface area (Å²) in [7, 11) is 5.55. The molecule has 2 rings (SSSR count). The molecule has 5 heteroatoms. The molecule has 0 aliphatic carbocycles. The number of hydrogen-bond donors (Lipinski definition) is 1. The van der Waals surface area contributed by atoms with E-state index in [1.165, 1.54) is 10.2 Å². The van der Waals surface area contributed by atoms with E-state index in [2.05, 4.69) is 26.3 Å². The Labute approximate surface area is 74.7 Å². The zero-order chi connectivity index (χ0) is 7.84. The Morgan fingerprint density at radius 2 is 2.45 bits per heavy atom. The highest BCUT2D eigenvalue weighted by Crippen LogP contribution is 2.21. The van der Waals surface area contributed by atoms with Crippen molar-refractivity contribution in [2.45, 2.75) is 13.0 Å². The minimum atomic E-state index is 0.868. The lowest BCUT2D eigenvalue weighted by molar-refractivity contribution is 0.635. The number of hydrogen-bond acceptors (Lipinski definition) is 2. The van der Waals surface area contributed by atoms with Crippen LogP contribution in [0.1, 0.15) is 11.3 Å². The second kappa shape index (κ2) is 2.64. The molecule has 0 saturated carbocycles. The highest BCUT2D eigenvalue weighted by atomic mass is 79.9. The van der Waals surface area contributed by atoms with Gasteiger partial charge in [-0.3, -0.25) is 0 Å². The fraction of sp³-hybridized carbons (Fsp3) is 0.500. The van der Waals surface area contributed by atoms with Gasteiger partial charge in [0.2, 0.25) is 0 Å². The van der Waals surface area contributed by atoms with Gasteiger partial charge in [0.25, 0.3) is 7.98 Å². The third kappa shape index (κ3) is 1.12. The number of aromatic nitrogens is 2. The molecule has 0 unspecified atom stereocenters. The van der Waals surface area contributed by atoms with Crippen LogP contribution in [0.4, 0.5) is 0 Å². The molecule has 1 N–H and O–H groups in total. The van der Waals surface area contributed by atoms with Gasteiger partial charge in [0.05, 0.1) is 10.3 Å². The van der Waals surface area contributed by atoms with E-state index in [4.69, 9.17) is 7.98 Å².